The van der Waals surface area contributed by atoms with Crippen molar-refractivity contribution in [2.24, 2.45) is 4.99 Å². The SMILES string of the molecule is CCNC(=NCCCCN1CCCCC1C)NC1CCN(c2ncccc2F)C1. The molecule has 0 bridgehead atoms. The van der Waals surface area contributed by atoms with Gasteiger partial charge < -0.3 is 20.4 Å². The molecule has 3 rings (SSSR count). The second kappa shape index (κ2) is 11.3. The summed E-state index contributed by atoms with van der Waals surface area (Å²) in [5.41, 5.74) is 0. The first-order chi connectivity index (χ1) is 14.2. The molecule has 2 aliphatic heterocycles. The van der Waals surface area contributed by atoms with Crippen LogP contribution in [0.15, 0.2) is 23.3 Å². The van der Waals surface area contributed by atoms with Crippen LogP contribution >= 0.6 is 0 Å². The van der Waals surface area contributed by atoms with Crippen molar-refractivity contribution in [1.82, 2.24) is 20.5 Å². The largest absolute Gasteiger partial charge is 0.357 e. The highest BCUT2D eigenvalue weighted by molar-refractivity contribution is 5.80. The van der Waals surface area contributed by atoms with Crippen molar-refractivity contribution in [2.75, 3.05) is 44.2 Å². The van der Waals surface area contributed by atoms with Gasteiger partial charge in [0.2, 0.25) is 0 Å². The number of likely N-dealkylation sites (tertiary alicyclic amines) is 1. The van der Waals surface area contributed by atoms with Crippen molar-refractivity contribution < 1.29 is 4.39 Å². The zero-order valence-electron chi connectivity index (χ0n) is 18.0. The molecule has 1 aromatic rings. The molecular formula is C22H37FN6. The van der Waals surface area contributed by atoms with Crippen molar-refractivity contribution in [3.05, 3.63) is 24.1 Å². The van der Waals surface area contributed by atoms with Gasteiger partial charge in [-0.2, -0.15) is 0 Å². The predicted molar refractivity (Wildman–Crippen MR) is 118 cm³/mol. The minimum Gasteiger partial charge on any atom is -0.357 e. The van der Waals surface area contributed by atoms with Crippen molar-refractivity contribution in [3.63, 3.8) is 0 Å². The highest BCUT2D eigenvalue weighted by Crippen LogP contribution is 2.20. The summed E-state index contributed by atoms with van der Waals surface area (Å²) in [6, 6.07) is 4.09. The molecule has 0 aromatic carbocycles. The molecule has 6 nitrogen and oxygen atoms in total. The number of halogens is 1. The van der Waals surface area contributed by atoms with Gasteiger partial charge in [-0.25, -0.2) is 9.37 Å². The number of rotatable bonds is 8. The average Bonchev–Trinajstić information content (AvgIpc) is 3.17. The van der Waals surface area contributed by atoms with Crippen molar-refractivity contribution in [3.8, 4) is 0 Å². The van der Waals surface area contributed by atoms with E-state index in [-0.39, 0.29) is 11.9 Å². The van der Waals surface area contributed by atoms with E-state index in [1.54, 1.807) is 12.3 Å². The van der Waals surface area contributed by atoms with E-state index in [4.69, 9.17) is 4.99 Å². The van der Waals surface area contributed by atoms with Gasteiger partial charge in [-0.3, -0.25) is 4.99 Å². The van der Waals surface area contributed by atoms with Crippen LogP contribution in [0.5, 0.6) is 0 Å². The molecule has 162 valence electrons. The van der Waals surface area contributed by atoms with Crippen LogP contribution in [-0.2, 0) is 0 Å². The number of pyridine rings is 1. The molecule has 0 spiro atoms. The van der Waals surface area contributed by atoms with Crippen molar-refractivity contribution in [1.29, 1.82) is 0 Å². The maximum Gasteiger partial charge on any atom is 0.191 e. The number of piperidine rings is 1. The first-order valence-electron chi connectivity index (χ1n) is 11.3. The van der Waals surface area contributed by atoms with Crippen LogP contribution < -0.4 is 15.5 Å². The molecule has 2 atom stereocenters. The number of hydrogen-bond donors (Lipinski definition) is 2. The maximum absolute atomic E-state index is 14.0. The molecule has 2 saturated heterocycles. The number of anilines is 1. The Bertz CT molecular complexity index is 652. The fourth-order valence-corrected chi connectivity index (χ4v) is 4.30. The highest BCUT2D eigenvalue weighted by atomic mass is 19.1. The van der Waals surface area contributed by atoms with E-state index in [9.17, 15) is 4.39 Å². The maximum atomic E-state index is 14.0. The van der Waals surface area contributed by atoms with Crippen LogP contribution in [0, 0.1) is 5.82 Å². The molecule has 0 amide bonds. The standard InChI is InChI=1S/C22H37FN6/c1-3-24-22(26-12-5-7-15-28-14-6-4-9-18(28)2)27-19-11-16-29(17-19)21-20(23)10-8-13-25-21/h8,10,13,18-19H,3-7,9,11-12,14-17H2,1-2H3,(H2,24,26,27). The van der Waals surface area contributed by atoms with Gasteiger partial charge in [0, 0.05) is 44.5 Å². The molecule has 2 aliphatic rings. The molecule has 0 radical (unpaired) electrons. The minimum absolute atomic E-state index is 0.253. The van der Waals surface area contributed by atoms with Crippen LogP contribution in [0.4, 0.5) is 10.2 Å². The lowest BCUT2D eigenvalue weighted by Gasteiger charge is -2.33. The van der Waals surface area contributed by atoms with E-state index in [2.05, 4.69) is 34.4 Å². The van der Waals surface area contributed by atoms with E-state index in [1.165, 1.54) is 44.8 Å². The van der Waals surface area contributed by atoms with Crippen LogP contribution in [0.25, 0.3) is 0 Å². The fraction of sp³-hybridized carbons (Fsp3) is 0.727. The molecule has 0 saturated carbocycles. The molecule has 0 aliphatic carbocycles. The summed E-state index contributed by atoms with van der Waals surface area (Å²) in [6.07, 6.45) is 8.97. The minimum atomic E-state index is -0.253. The topological polar surface area (TPSA) is 55.8 Å². The zero-order valence-corrected chi connectivity index (χ0v) is 18.0. The number of nitrogens with one attached hydrogen (secondary N) is 2. The van der Waals surface area contributed by atoms with E-state index >= 15 is 0 Å². The smallest absolute Gasteiger partial charge is 0.191 e. The summed E-state index contributed by atoms with van der Waals surface area (Å²) in [5, 5.41) is 6.86. The first kappa shape index (κ1) is 21.8. The number of guanidine groups is 1. The van der Waals surface area contributed by atoms with Gasteiger partial charge in [0.15, 0.2) is 17.6 Å². The third kappa shape index (κ3) is 6.56. The van der Waals surface area contributed by atoms with E-state index in [1.807, 2.05) is 4.90 Å². The lowest BCUT2D eigenvalue weighted by Crippen LogP contribution is -2.44. The number of unbranched alkanes of at least 4 members (excludes halogenated alkanes) is 1. The molecule has 7 heteroatoms. The molecule has 2 unspecified atom stereocenters. The summed E-state index contributed by atoms with van der Waals surface area (Å²) in [6.45, 7) is 10.1. The van der Waals surface area contributed by atoms with Gasteiger partial charge in [-0.15, -0.1) is 0 Å². The number of aromatic nitrogens is 1. The Balaban J connectivity index is 1.41. The van der Waals surface area contributed by atoms with Gasteiger partial charge in [-0.05, 0) is 71.2 Å². The van der Waals surface area contributed by atoms with Crippen LogP contribution in [-0.4, -0.2) is 67.2 Å². The summed E-state index contributed by atoms with van der Waals surface area (Å²) in [4.78, 5) is 13.6. The quantitative estimate of drug-likeness (QED) is 0.396. The molecule has 1 aromatic heterocycles. The molecule has 3 heterocycles. The highest BCUT2D eigenvalue weighted by Gasteiger charge is 2.26. The van der Waals surface area contributed by atoms with Gasteiger partial charge in [0.05, 0.1) is 0 Å². The Hall–Kier alpha value is -1.89. The predicted octanol–water partition coefficient (Wildman–Crippen LogP) is 3.01. The van der Waals surface area contributed by atoms with Crippen molar-refractivity contribution >= 4 is 11.8 Å². The normalized spacial score (nSPS) is 23.4. The number of nitrogens with zero attached hydrogens (tertiary/aromatic N) is 4. The van der Waals surface area contributed by atoms with Crippen LogP contribution in [0.2, 0.25) is 0 Å². The summed E-state index contributed by atoms with van der Waals surface area (Å²) < 4.78 is 14.0. The Labute approximate surface area is 175 Å². The zero-order chi connectivity index (χ0) is 20.5. The Morgan fingerprint density at radius 3 is 2.97 bits per heavy atom. The van der Waals surface area contributed by atoms with E-state index < -0.39 is 0 Å². The summed E-state index contributed by atoms with van der Waals surface area (Å²) in [5.74, 6) is 1.06. The van der Waals surface area contributed by atoms with Gasteiger partial charge in [0.25, 0.3) is 0 Å². The van der Waals surface area contributed by atoms with Gasteiger partial charge in [0.1, 0.15) is 0 Å². The third-order valence-corrected chi connectivity index (χ3v) is 5.98. The van der Waals surface area contributed by atoms with Crippen LogP contribution in [0.1, 0.15) is 52.4 Å². The number of aliphatic imine (C=N–C) groups is 1. The second-order valence-electron chi connectivity index (χ2n) is 8.23. The first-order valence-corrected chi connectivity index (χ1v) is 11.3. The molecule has 2 N–H and O–H groups in total. The second-order valence-corrected chi connectivity index (χ2v) is 8.23. The molecular weight excluding hydrogens is 367 g/mol. The molecule has 29 heavy (non-hydrogen) atoms. The van der Waals surface area contributed by atoms with Crippen LogP contribution in [0.3, 0.4) is 0 Å². The molecule has 2 fully saturated rings. The summed E-state index contributed by atoms with van der Waals surface area (Å²) in [7, 11) is 0. The summed E-state index contributed by atoms with van der Waals surface area (Å²) >= 11 is 0. The fourth-order valence-electron chi connectivity index (χ4n) is 4.30. The number of hydrogen-bond acceptors (Lipinski definition) is 4. The Morgan fingerprint density at radius 1 is 1.28 bits per heavy atom. The van der Waals surface area contributed by atoms with Gasteiger partial charge >= 0.3 is 0 Å². The third-order valence-electron chi connectivity index (χ3n) is 5.98. The van der Waals surface area contributed by atoms with E-state index in [0.717, 1.165) is 51.0 Å². The lowest BCUT2D eigenvalue weighted by atomic mass is 10.0. The Morgan fingerprint density at radius 2 is 2.17 bits per heavy atom. The van der Waals surface area contributed by atoms with Crippen molar-refractivity contribution in [2.45, 2.75) is 64.5 Å². The lowest BCUT2D eigenvalue weighted by molar-refractivity contribution is 0.158. The average molecular weight is 405 g/mol. The van der Waals surface area contributed by atoms with E-state index in [0.29, 0.717) is 5.82 Å². The monoisotopic (exact) mass is 404 g/mol. The van der Waals surface area contributed by atoms with Gasteiger partial charge in [-0.1, -0.05) is 6.42 Å². The Kier molecular flexibility index (Phi) is 8.52.